The van der Waals surface area contributed by atoms with Gasteiger partial charge in [-0.15, -0.1) is 0 Å². The van der Waals surface area contributed by atoms with Gasteiger partial charge in [-0.3, -0.25) is 0 Å². The molecule has 0 aliphatic heterocycles. The summed E-state index contributed by atoms with van der Waals surface area (Å²) in [6, 6.07) is 0. The van der Waals surface area contributed by atoms with E-state index < -0.39 is 0 Å². The fraction of sp³-hybridized carbons (Fsp3) is 0. The van der Waals surface area contributed by atoms with Gasteiger partial charge in [0.25, 0.3) is 0 Å². The molecule has 0 N–H and O–H groups in total. The van der Waals surface area contributed by atoms with Gasteiger partial charge >= 0.3 is 52.9 Å². The molecule has 0 aromatic rings. The molecule has 0 heterocycles. The van der Waals surface area contributed by atoms with Crippen LogP contribution >= 0.6 is 0 Å². The SMILES string of the molecule is [Sn][C]#[C][Sn]. The van der Waals surface area contributed by atoms with Crippen molar-refractivity contribution < 1.29 is 0 Å². The zero-order chi connectivity index (χ0) is 3.41. The van der Waals surface area contributed by atoms with E-state index in [2.05, 4.69) is 7.87 Å². The third-order valence-electron chi connectivity index (χ3n) is 0.0625. The molecule has 2 heteroatoms. The standard InChI is InChI=1S/C2.2Sn/c1-2;;. The molecule has 0 saturated heterocycles. The summed E-state index contributed by atoms with van der Waals surface area (Å²) in [6.07, 6.45) is 0. The fourth-order valence-corrected chi connectivity index (χ4v) is 0. The van der Waals surface area contributed by atoms with Crippen LogP contribution < -0.4 is 0 Å². The van der Waals surface area contributed by atoms with Crippen molar-refractivity contribution in [2.45, 2.75) is 0 Å². The van der Waals surface area contributed by atoms with Crippen molar-refractivity contribution >= 4 is 45.0 Å². The molecule has 0 aliphatic carbocycles. The molecule has 0 aromatic heterocycles. The van der Waals surface area contributed by atoms with Crippen LogP contribution in [0.4, 0.5) is 0 Å². The van der Waals surface area contributed by atoms with Gasteiger partial charge in [-0.2, -0.15) is 0 Å². The Labute approximate surface area is 52.5 Å². The van der Waals surface area contributed by atoms with Gasteiger partial charge in [0, 0.05) is 0 Å². The molecule has 0 aromatic carbocycles. The third kappa shape index (κ3) is 3.16. The molecule has 0 unspecified atom stereocenters. The first-order valence-corrected chi connectivity index (χ1v) is 3.60. The molecule has 0 bridgehead atoms. The van der Waals surface area contributed by atoms with E-state index >= 15 is 0 Å². The summed E-state index contributed by atoms with van der Waals surface area (Å²) in [5.74, 6) is 0. The minimum atomic E-state index is 1.33. The van der Waals surface area contributed by atoms with E-state index in [4.69, 9.17) is 0 Å². The van der Waals surface area contributed by atoms with Crippen LogP contribution in [0.5, 0.6) is 0 Å². The van der Waals surface area contributed by atoms with Crippen LogP contribution in [-0.4, -0.2) is 45.0 Å². The molecular formula is C2Sn2. The Morgan fingerprint density at radius 2 is 1.25 bits per heavy atom. The predicted octanol–water partition coefficient (Wildman–Crippen LogP) is -0.758. The van der Waals surface area contributed by atoms with Crippen molar-refractivity contribution in [3.63, 3.8) is 0 Å². The molecule has 0 saturated carbocycles. The fourth-order valence-electron chi connectivity index (χ4n) is 0. The maximum absolute atomic E-state index is 2.81. The van der Waals surface area contributed by atoms with Crippen molar-refractivity contribution in [1.29, 1.82) is 0 Å². The molecule has 0 fully saturated rings. The van der Waals surface area contributed by atoms with Gasteiger partial charge in [0.05, 0.1) is 0 Å². The molecule has 4 heavy (non-hydrogen) atoms. The first kappa shape index (κ1) is 5.16. The van der Waals surface area contributed by atoms with E-state index in [0.717, 1.165) is 0 Å². The monoisotopic (exact) mass is 264 g/mol. The van der Waals surface area contributed by atoms with Crippen molar-refractivity contribution in [2.75, 3.05) is 0 Å². The Kier molecular flexibility index (Phi) is 5.36. The molecule has 0 nitrogen and oxygen atoms in total. The first-order chi connectivity index (χ1) is 1.91. The van der Waals surface area contributed by atoms with Gasteiger partial charge in [-0.1, -0.05) is 0 Å². The average molecular weight is 261 g/mol. The van der Waals surface area contributed by atoms with Crippen molar-refractivity contribution in [1.82, 2.24) is 0 Å². The zero-order valence-corrected chi connectivity index (χ0v) is 7.71. The summed E-state index contributed by atoms with van der Waals surface area (Å²) in [5.41, 5.74) is 0. The van der Waals surface area contributed by atoms with Crippen molar-refractivity contribution in [3.05, 3.63) is 0 Å². The van der Waals surface area contributed by atoms with Gasteiger partial charge in [-0.05, 0) is 0 Å². The zero-order valence-electron chi connectivity index (χ0n) is 2.00. The van der Waals surface area contributed by atoms with Gasteiger partial charge in [0.15, 0.2) is 0 Å². The quantitative estimate of drug-likeness (QED) is 0.397. The summed E-state index contributed by atoms with van der Waals surface area (Å²) in [4.78, 5) is 0. The van der Waals surface area contributed by atoms with Gasteiger partial charge in [0.2, 0.25) is 0 Å². The Hall–Kier alpha value is 1.16. The normalized spacial score (nSPS) is 3.50. The van der Waals surface area contributed by atoms with Gasteiger partial charge < -0.3 is 0 Å². The summed E-state index contributed by atoms with van der Waals surface area (Å²) < 4.78 is 5.62. The van der Waals surface area contributed by atoms with Crippen LogP contribution in [0.2, 0.25) is 0 Å². The second-order valence-corrected chi connectivity index (χ2v) is 1.68. The van der Waals surface area contributed by atoms with E-state index in [1.165, 1.54) is 45.0 Å². The Bertz CT molecular complexity index is 40.8. The maximum atomic E-state index is 2.81. The topological polar surface area (TPSA) is 0 Å². The van der Waals surface area contributed by atoms with Crippen molar-refractivity contribution in [3.8, 4) is 7.87 Å². The Morgan fingerprint density at radius 1 is 1.00 bits per heavy atom. The van der Waals surface area contributed by atoms with E-state index in [9.17, 15) is 0 Å². The second-order valence-electron chi connectivity index (χ2n) is 0.250. The number of rotatable bonds is 0. The van der Waals surface area contributed by atoms with Crippen LogP contribution in [0.15, 0.2) is 0 Å². The average Bonchev–Trinajstić information content (AvgIpc) is 1.37. The van der Waals surface area contributed by atoms with Crippen molar-refractivity contribution in [2.24, 2.45) is 0 Å². The van der Waals surface area contributed by atoms with Gasteiger partial charge in [-0.25, -0.2) is 0 Å². The van der Waals surface area contributed by atoms with Crippen LogP contribution in [0.3, 0.4) is 0 Å². The van der Waals surface area contributed by atoms with Crippen LogP contribution in [0.25, 0.3) is 0 Å². The summed E-state index contributed by atoms with van der Waals surface area (Å²) >= 11 is 2.66. The third-order valence-corrected chi connectivity index (χ3v) is 2.81. The molecule has 0 atom stereocenters. The predicted molar refractivity (Wildman–Crippen MR) is 19.3 cm³/mol. The van der Waals surface area contributed by atoms with E-state index in [1.54, 1.807) is 0 Å². The Balaban J connectivity index is 2.83. The minimum absolute atomic E-state index is 1.33. The summed E-state index contributed by atoms with van der Waals surface area (Å²) in [7, 11) is 0. The second kappa shape index (κ2) is 4.16. The van der Waals surface area contributed by atoms with Crippen LogP contribution in [0, 0.1) is 7.87 Å². The number of hydrogen-bond acceptors (Lipinski definition) is 0. The molecule has 0 aliphatic rings. The Morgan fingerprint density at radius 3 is 1.25 bits per heavy atom. The first-order valence-electron chi connectivity index (χ1n) is 0.750. The van der Waals surface area contributed by atoms with Gasteiger partial charge in [0.1, 0.15) is 0 Å². The molecule has 0 spiro atoms. The molecular weight excluding hydrogens is 261 g/mol. The molecule has 0 amide bonds. The summed E-state index contributed by atoms with van der Waals surface area (Å²) in [5, 5.41) is 0. The number of hydrogen-bond donors (Lipinski definition) is 0. The van der Waals surface area contributed by atoms with E-state index in [1.807, 2.05) is 0 Å². The van der Waals surface area contributed by atoms with E-state index in [0.29, 0.717) is 0 Å². The molecule has 16 valence electrons. The summed E-state index contributed by atoms with van der Waals surface area (Å²) in [6.45, 7) is 0. The van der Waals surface area contributed by atoms with E-state index in [-0.39, 0.29) is 0 Å². The molecule has 6 radical (unpaired) electrons. The molecule has 0 rings (SSSR count). The van der Waals surface area contributed by atoms with Crippen LogP contribution in [-0.2, 0) is 0 Å². The van der Waals surface area contributed by atoms with Crippen LogP contribution in [0.1, 0.15) is 0 Å².